The van der Waals surface area contributed by atoms with E-state index in [1.54, 1.807) is 25.1 Å². The number of thioether (sulfide) groups is 1. The van der Waals surface area contributed by atoms with Crippen LogP contribution in [-0.4, -0.2) is 47.2 Å². The number of guanidine groups is 1. The molecule has 10 heteroatoms. The summed E-state index contributed by atoms with van der Waals surface area (Å²) in [5.41, 5.74) is 0.864. The minimum atomic E-state index is -4.33. The zero-order valence-electron chi connectivity index (χ0n) is 11.8. The van der Waals surface area contributed by atoms with E-state index in [1.165, 1.54) is 7.05 Å². The normalized spacial score (nSPS) is 12.1. The molecule has 0 saturated carbocycles. The maximum atomic E-state index is 10.8. The molecule has 1 rings (SSSR count). The predicted octanol–water partition coefficient (Wildman–Crippen LogP) is 0.581. The number of aromatic nitrogens is 1. The van der Waals surface area contributed by atoms with Crippen LogP contribution in [0.15, 0.2) is 23.3 Å². The molecule has 0 bridgehead atoms. The first-order chi connectivity index (χ1) is 9.96. The van der Waals surface area contributed by atoms with E-state index in [-0.39, 0.29) is 5.96 Å². The maximum absolute atomic E-state index is 10.8. The Morgan fingerprint density at radius 3 is 2.95 bits per heavy atom. The largest absolute Gasteiger partial charge is 0.495 e. The van der Waals surface area contributed by atoms with E-state index in [0.29, 0.717) is 12.3 Å². The van der Waals surface area contributed by atoms with Gasteiger partial charge in [0.05, 0.1) is 12.8 Å². The summed E-state index contributed by atoms with van der Waals surface area (Å²) in [6.07, 6.45) is 1.71. The van der Waals surface area contributed by atoms with Crippen LogP contribution in [0.2, 0.25) is 0 Å². The summed E-state index contributed by atoms with van der Waals surface area (Å²) in [5, 5.41) is 4.81. The fourth-order valence-corrected chi connectivity index (χ4v) is 2.69. The molecule has 0 aromatic carbocycles. The highest BCUT2D eigenvalue weighted by atomic mass is 32.2. The van der Waals surface area contributed by atoms with Crippen LogP contribution in [0.1, 0.15) is 5.69 Å². The molecular weight excluding hydrogens is 315 g/mol. The molecule has 4 N–H and O–H groups in total. The first kappa shape index (κ1) is 17.8. The van der Waals surface area contributed by atoms with Crippen molar-refractivity contribution in [1.82, 2.24) is 15.4 Å². The van der Waals surface area contributed by atoms with Gasteiger partial charge in [0.1, 0.15) is 5.75 Å². The number of rotatable bonds is 7. The van der Waals surface area contributed by atoms with Crippen LogP contribution in [0.4, 0.5) is 0 Å². The highest BCUT2D eigenvalue weighted by molar-refractivity contribution is 7.98. The molecule has 21 heavy (non-hydrogen) atoms. The van der Waals surface area contributed by atoms with Crippen molar-refractivity contribution >= 4 is 25.5 Å². The smallest absolute Gasteiger partial charge is 0.429 e. The minimum absolute atomic E-state index is 0.0688. The van der Waals surface area contributed by atoms with Gasteiger partial charge in [0, 0.05) is 31.3 Å². The van der Waals surface area contributed by atoms with Gasteiger partial charge in [-0.2, -0.15) is 11.8 Å². The number of hydrogen-bond acceptors (Lipinski definition) is 5. The molecule has 0 spiro atoms. The number of methoxy groups -OCH3 is 1. The summed E-state index contributed by atoms with van der Waals surface area (Å²) in [4.78, 5) is 25.5. The molecule has 0 aliphatic carbocycles. The second-order valence-corrected chi connectivity index (χ2v) is 6.28. The van der Waals surface area contributed by atoms with Crippen LogP contribution in [0.25, 0.3) is 0 Å². The molecule has 1 aromatic rings. The Balaban J connectivity index is 2.30. The zero-order chi connectivity index (χ0) is 15.7. The number of ether oxygens (including phenoxy) is 1. The van der Waals surface area contributed by atoms with E-state index in [0.717, 1.165) is 17.2 Å². The fourth-order valence-electron chi connectivity index (χ4n) is 1.43. The van der Waals surface area contributed by atoms with Crippen LogP contribution in [0.5, 0.6) is 5.75 Å². The number of hydrogen-bond donors (Lipinski definition) is 4. The number of pyridine rings is 1. The molecule has 0 aliphatic rings. The van der Waals surface area contributed by atoms with Gasteiger partial charge in [0.25, 0.3) is 0 Å². The van der Waals surface area contributed by atoms with Gasteiger partial charge in [0.15, 0.2) is 5.96 Å². The zero-order valence-corrected chi connectivity index (χ0v) is 13.5. The summed E-state index contributed by atoms with van der Waals surface area (Å²) in [7, 11) is -1.29. The number of nitrogens with zero attached hydrogens (tertiary/aromatic N) is 2. The first-order valence-electron chi connectivity index (χ1n) is 6.06. The Morgan fingerprint density at radius 2 is 2.33 bits per heavy atom. The van der Waals surface area contributed by atoms with Crippen molar-refractivity contribution in [2.24, 2.45) is 4.99 Å². The van der Waals surface area contributed by atoms with E-state index in [4.69, 9.17) is 14.5 Å². The van der Waals surface area contributed by atoms with Gasteiger partial charge in [-0.15, -0.1) is 0 Å². The monoisotopic (exact) mass is 334 g/mol. The van der Waals surface area contributed by atoms with E-state index in [9.17, 15) is 4.57 Å². The maximum Gasteiger partial charge on any atom is 0.429 e. The van der Waals surface area contributed by atoms with Crippen molar-refractivity contribution < 1.29 is 19.1 Å². The average Bonchev–Trinajstić information content (AvgIpc) is 2.44. The Bertz CT molecular complexity index is 523. The summed E-state index contributed by atoms with van der Waals surface area (Å²) in [6, 6.07) is 3.67. The Labute approximate surface area is 127 Å². The molecule has 0 radical (unpaired) electrons. The highest BCUT2D eigenvalue weighted by Crippen LogP contribution is 2.27. The SMILES string of the molecule is CN=C(NCCSCc1ncccc1OC)NP(=O)(O)O. The van der Waals surface area contributed by atoms with Gasteiger partial charge in [-0.25, -0.2) is 4.57 Å². The molecule has 8 nitrogen and oxygen atoms in total. The first-order valence-corrected chi connectivity index (χ1v) is 8.83. The molecule has 1 aromatic heterocycles. The molecule has 0 amide bonds. The van der Waals surface area contributed by atoms with Gasteiger partial charge in [-0.1, -0.05) is 0 Å². The number of aliphatic imine (C=N–C) groups is 1. The fraction of sp³-hybridized carbons (Fsp3) is 0.455. The van der Waals surface area contributed by atoms with Gasteiger partial charge in [0.2, 0.25) is 0 Å². The van der Waals surface area contributed by atoms with Crippen molar-refractivity contribution in [1.29, 1.82) is 0 Å². The molecule has 0 fully saturated rings. The second-order valence-electron chi connectivity index (χ2n) is 3.86. The lowest BCUT2D eigenvalue weighted by atomic mass is 10.3. The molecule has 0 aliphatic heterocycles. The summed E-state index contributed by atoms with van der Waals surface area (Å²) < 4.78 is 16.0. The Kier molecular flexibility index (Phi) is 7.52. The molecule has 118 valence electrons. The van der Waals surface area contributed by atoms with Crippen molar-refractivity contribution in [3.05, 3.63) is 24.0 Å². The Hall–Kier alpha value is -1.28. The van der Waals surface area contributed by atoms with Crippen molar-refractivity contribution in [3.8, 4) is 5.75 Å². The standard InChI is InChI=1S/C11H19N4O4PS/c1-12-11(15-20(16,17)18)14-6-7-21-8-9-10(19-2)4-3-5-13-9/h3-5H,6-8H2,1-2H3,(H4,12,14,15,16,17,18). The van der Waals surface area contributed by atoms with Crippen LogP contribution in [0.3, 0.4) is 0 Å². The average molecular weight is 334 g/mol. The van der Waals surface area contributed by atoms with E-state index in [2.05, 4.69) is 15.3 Å². The van der Waals surface area contributed by atoms with E-state index in [1.807, 2.05) is 17.2 Å². The van der Waals surface area contributed by atoms with Crippen LogP contribution < -0.4 is 15.1 Å². The summed E-state index contributed by atoms with van der Waals surface area (Å²) >= 11 is 1.62. The van der Waals surface area contributed by atoms with Crippen LogP contribution in [-0.2, 0) is 10.3 Å². The second kappa shape index (κ2) is 8.89. The quantitative estimate of drug-likeness (QED) is 0.248. The third-order valence-electron chi connectivity index (χ3n) is 2.32. The summed E-state index contributed by atoms with van der Waals surface area (Å²) in [6.45, 7) is 0.513. The van der Waals surface area contributed by atoms with Gasteiger partial charge in [-0.3, -0.25) is 15.1 Å². The molecule has 0 atom stereocenters. The van der Waals surface area contributed by atoms with E-state index < -0.39 is 7.75 Å². The predicted molar refractivity (Wildman–Crippen MR) is 83.5 cm³/mol. The van der Waals surface area contributed by atoms with Crippen LogP contribution >= 0.6 is 19.5 Å². The van der Waals surface area contributed by atoms with Crippen molar-refractivity contribution in [2.45, 2.75) is 5.75 Å². The van der Waals surface area contributed by atoms with E-state index >= 15 is 0 Å². The van der Waals surface area contributed by atoms with Crippen molar-refractivity contribution in [3.63, 3.8) is 0 Å². The van der Waals surface area contributed by atoms with Gasteiger partial charge < -0.3 is 19.8 Å². The molecule has 0 unspecified atom stereocenters. The topological polar surface area (TPSA) is 116 Å². The van der Waals surface area contributed by atoms with Gasteiger partial charge in [-0.05, 0) is 12.1 Å². The molecule has 0 saturated heterocycles. The molecular formula is C11H19N4O4PS. The van der Waals surface area contributed by atoms with Crippen LogP contribution in [0, 0.1) is 0 Å². The van der Waals surface area contributed by atoms with Gasteiger partial charge >= 0.3 is 7.75 Å². The lowest BCUT2D eigenvalue weighted by Gasteiger charge is -2.12. The Morgan fingerprint density at radius 1 is 1.57 bits per heavy atom. The minimum Gasteiger partial charge on any atom is -0.495 e. The number of nitrogens with one attached hydrogen (secondary N) is 2. The third kappa shape index (κ3) is 7.33. The molecule has 1 heterocycles. The third-order valence-corrected chi connectivity index (χ3v) is 3.79. The summed E-state index contributed by atoms with van der Waals surface area (Å²) in [5.74, 6) is 2.23. The lowest BCUT2D eigenvalue weighted by Crippen LogP contribution is -2.36. The highest BCUT2D eigenvalue weighted by Gasteiger charge is 2.14. The van der Waals surface area contributed by atoms with Crippen molar-refractivity contribution in [2.75, 3.05) is 26.5 Å². The lowest BCUT2D eigenvalue weighted by molar-refractivity contribution is 0.366.